The molecular weight excluding hydrogens is 1560 g/mol. The molecular formula is C80H103FN14O24. The minimum atomic E-state index is -2.10. The number of esters is 1. The van der Waals surface area contributed by atoms with Crippen LogP contribution in [0, 0.1) is 12.7 Å². The van der Waals surface area contributed by atoms with Crippen LogP contribution < -0.4 is 64.0 Å². The number of carbonyl (C=O) groups is 16. The number of urea groups is 1. The van der Waals surface area contributed by atoms with Gasteiger partial charge in [0.1, 0.15) is 48.7 Å². The summed E-state index contributed by atoms with van der Waals surface area (Å²) in [5, 5.41) is 68.0. The number of rotatable bonds is 48. The Kier molecular flexibility index (Phi) is 34.1. The molecule has 0 spiro atoms. The average molecular weight is 1660 g/mol. The van der Waals surface area contributed by atoms with Gasteiger partial charge in [0.05, 0.1) is 61.5 Å². The van der Waals surface area contributed by atoms with Gasteiger partial charge in [0.25, 0.3) is 29.2 Å². The van der Waals surface area contributed by atoms with Crippen LogP contribution in [0.5, 0.6) is 0 Å². The van der Waals surface area contributed by atoms with Crippen molar-refractivity contribution in [2.75, 3.05) is 59.2 Å². The van der Waals surface area contributed by atoms with Crippen molar-refractivity contribution in [2.24, 2.45) is 0 Å². The molecule has 2 aromatic heterocycles. The number of aliphatic hydroxyl groups is 1. The van der Waals surface area contributed by atoms with E-state index in [1.54, 1.807) is 13.8 Å². The lowest BCUT2D eigenvalue weighted by Crippen LogP contribution is -2.56. The highest BCUT2D eigenvalue weighted by atomic mass is 19.1. The molecule has 8 rings (SSSR count). The van der Waals surface area contributed by atoms with E-state index < -0.39 is 161 Å². The summed E-state index contributed by atoms with van der Waals surface area (Å²) < 4.78 is 33.3. The number of amides is 13. The van der Waals surface area contributed by atoms with Gasteiger partial charge in [-0.05, 0) is 145 Å². The molecule has 644 valence electrons. The van der Waals surface area contributed by atoms with Crippen molar-refractivity contribution < 1.29 is 116 Å². The van der Waals surface area contributed by atoms with Gasteiger partial charge < -0.3 is 97.7 Å². The van der Waals surface area contributed by atoms with Gasteiger partial charge in [-0.3, -0.25) is 67.2 Å². The number of nitrogens with one attached hydrogen (secondary N) is 11. The minimum Gasteiger partial charge on any atom is -0.481 e. The molecule has 0 radical (unpaired) electrons. The molecule has 3 aliphatic heterocycles. The van der Waals surface area contributed by atoms with Crippen LogP contribution in [0.4, 0.5) is 9.18 Å². The molecule has 0 saturated carbocycles. The first kappa shape index (κ1) is 92.4. The van der Waals surface area contributed by atoms with Gasteiger partial charge in [-0.25, -0.2) is 28.6 Å². The number of cyclic esters (lactones) is 1. The normalized spacial score (nSPS) is 16.3. The lowest BCUT2D eigenvalue weighted by molar-refractivity contribution is -0.172. The van der Waals surface area contributed by atoms with Gasteiger partial charge in [0, 0.05) is 104 Å². The van der Waals surface area contributed by atoms with E-state index in [0.29, 0.717) is 72.0 Å². The Labute approximate surface area is 682 Å². The maximum atomic E-state index is 15.6. The van der Waals surface area contributed by atoms with E-state index >= 15 is 4.39 Å². The summed E-state index contributed by atoms with van der Waals surface area (Å²) in [6.07, 6.45) is 5.64. The van der Waals surface area contributed by atoms with E-state index in [2.05, 4.69) is 53.2 Å². The van der Waals surface area contributed by atoms with Gasteiger partial charge in [-0.1, -0.05) is 26.2 Å². The van der Waals surface area contributed by atoms with Crippen molar-refractivity contribution in [3.8, 4) is 11.4 Å². The van der Waals surface area contributed by atoms with Crippen molar-refractivity contribution >= 4 is 106 Å². The van der Waals surface area contributed by atoms with Crippen LogP contribution in [0.3, 0.4) is 0 Å². The number of fused-ring (bicyclic) bond motifs is 5. The van der Waals surface area contributed by atoms with E-state index in [1.807, 2.05) is 5.32 Å². The molecule has 119 heavy (non-hydrogen) atoms. The molecule has 0 bridgehead atoms. The fraction of sp³-hybridized carbons (Fsp3) is 0.525. The number of benzene rings is 2. The van der Waals surface area contributed by atoms with Crippen LogP contribution in [0.2, 0.25) is 0 Å². The Hall–Kier alpha value is -12.1. The van der Waals surface area contributed by atoms with Crippen molar-refractivity contribution in [1.29, 1.82) is 0 Å². The van der Waals surface area contributed by atoms with E-state index in [1.165, 1.54) is 61.7 Å². The largest absolute Gasteiger partial charge is 0.481 e. The molecule has 8 atom stereocenters. The van der Waals surface area contributed by atoms with Crippen molar-refractivity contribution in [3.63, 3.8) is 0 Å². The lowest BCUT2D eigenvalue weighted by Gasteiger charge is -2.31. The number of halogens is 1. The SMILES string of the molecule is CC[C@]1(O)C(=O)OCc2c1cc1n(c2=O)Cc2c-1nc1cc(F)c(C)c3c1c2[C@H](NC(=O)[C@H](C)NC(=O)C(C)NC(=O)C(C)NC(=O)C(CCCCNC(=O)c1ccc(C(=O)NCCOCCOCCNC(=O)CCCCCCCNC(=O)CC[C@H](NC(=O)N[C@@H](CCC(=O)O)C(=O)O)C(=O)O)cc1)NC(=O)CCCN1C(=O)C=CC1=O)CC3. The molecule has 5 heterocycles. The molecule has 2 aromatic carbocycles. The summed E-state index contributed by atoms with van der Waals surface area (Å²) in [7, 11) is 0. The number of carboxylic acids is 3. The maximum absolute atomic E-state index is 15.6. The predicted molar refractivity (Wildman–Crippen MR) is 419 cm³/mol. The molecule has 38 nitrogen and oxygen atoms in total. The summed E-state index contributed by atoms with van der Waals surface area (Å²) in [5.41, 5.74) is 1.15. The summed E-state index contributed by atoms with van der Waals surface area (Å²) in [4.78, 5) is 222. The van der Waals surface area contributed by atoms with Gasteiger partial charge in [0.2, 0.25) is 41.4 Å². The number of aromatic nitrogens is 2. The monoisotopic (exact) mass is 1660 g/mol. The number of aliphatic carboxylic acids is 3. The number of carboxylic acid groups (broad SMARTS) is 3. The van der Waals surface area contributed by atoms with Gasteiger partial charge in [-0.2, -0.15) is 0 Å². The number of ether oxygens (including phenoxy) is 3. The fourth-order valence-electron chi connectivity index (χ4n) is 14.0. The fourth-order valence-corrected chi connectivity index (χ4v) is 14.0. The number of aryl methyl sites for hydroxylation is 1. The molecule has 39 heteroatoms. The molecule has 0 fully saturated rings. The third-order valence-corrected chi connectivity index (χ3v) is 20.8. The smallest absolute Gasteiger partial charge is 0.343 e. The highest BCUT2D eigenvalue weighted by Gasteiger charge is 2.46. The maximum Gasteiger partial charge on any atom is 0.343 e. The van der Waals surface area contributed by atoms with Crippen LogP contribution >= 0.6 is 0 Å². The molecule has 4 aromatic rings. The molecule has 3 unspecified atom stereocenters. The molecule has 0 saturated heterocycles. The van der Waals surface area contributed by atoms with Gasteiger partial charge >= 0.3 is 29.9 Å². The summed E-state index contributed by atoms with van der Waals surface area (Å²) >= 11 is 0. The van der Waals surface area contributed by atoms with Gasteiger partial charge in [-0.15, -0.1) is 0 Å². The second-order valence-corrected chi connectivity index (χ2v) is 29.4. The number of pyridine rings is 2. The number of nitrogens with zero attached hydrogens (tertiary/aromatic N) is 3. The molecule has 13 amide bonds. The molecule has 1 aliphatic carbocycles. The van der Waals surface area contributed by atoms with Crippen LogP contribution in [0.1, 0.15) is 197 Å². The first-order chi connectivity index (χ1) is 56.7. The quantitative estimate of drug-likeness (QED) is 0.0147. The van der Waals surface area contributed by atoms with Crippen molar-refractivity contribution in [3.05, 3.63) is 109 Å². The molecule has 4 aliphatic rings. The average Bonchev–Trinajstić information content (AvgIpc) is 1.57. The Morgan fingerprint density at radius 3 is 1.74 bits per heavy atom. The van der Waals surface area contributed by atoms with Crippen LogP contribution in [0.15, 0.2) is 53.3 Å². The van der Waals surface area contributed by atoms with Crippen LogP contribution in [0.25, 0.3) is 22.3 Å². The highest BCUT2D eigenvalue weighted by Crippen LogP contribution is 2.46. The zero-order valence-corrected chi connectivity index (χ0v) is 66.8. The van der Waals surface area contributed by atoms with Crippen LogP contribution in [-0.2, 0) is 102 Å². The topological polar surface area (TPSA) is 552 Å². The van der Waals surface area contributed by atoms with Crippen molar-refractivity contribution in [2.45, 2.75) is 211 Å². The number of unbranched alkanes of at least 4 members (excludes halogenated alkanes) is 5. The standard InChI is InChI=1S/C80H103FN14O24/c1-6-80(116)52-39-59-68-50(41-95(59)75(109)51(52)42-119-78(80)114)67-54(23-22-49-43(2)53(81)40-58(90-68)66(49)67)91-71(105)46(5)87-69(103)44(3)86-70(104)45(4)88-74(108)55(89-62(98)17-14-34-94-63(99)27-28-64(94)100)15-11-13-31-84-72(106)47-18-20-48(21-19-47)73(107)85-33-36-118-38-37-117-35-32-83-60(96)16-10-8-7-9-12-30-82-61(97)26-24-56(76(110)111)92-79(115)93-57(77(112)113)25-29-65(101)102/h18-21,27-28,39-40,44-46,54-57,116H,6-17,22-26,29-38,41-42H2,1-5H3,(H,82,97)(H,83,96)(H,84,106)(H,85,107)(H,86,104)(H,87,103)(H,88,108)(H,89,98)(H,91,105)(H,101,102)(H,110,111)(H,112,113)(H2,92,93,115)/t44?,45?,46-,54+,55?,56-,57-,80+/m0/s1. The van der Waals surface area contributed by atoms with E-state index in [4.69, 9.17) is 24.3 Å². The first-order valence-electron chi connectivity index (χ1n) is 39.7. The Morgan fingerprint density at radius 2 is 1.13 bits per heavy atom. The number of hydrogen-bond acceptors (Lipinski definition) is 22. The van der Waals surface area contributed by atoms with E-state index in [0.717, 1.165) is 36.3 Å². The minimum absolute atomic E-state index is 0.00884. The van der Waals surface area contributed by atoms with Crippen molar-refractivity contribution in [1.82, 2.24) is 72.9 Å². The Balaban J connectivity index is 0.695. The third kappa shape index (κ3) is 25.4. The first-order valence-corrected chi connectivity index (χ1v) is 39.7. The second kappa shape index (κ2) is 43.9. The number of imide groups is 1. The Bertz CT molecular complexity index is 4590. The summed E-state index contributed by atoms with van der Waals surface area (Å²) in [6.45, 7) is 8.69. The molecule has 15 N–H and O–H groups in total. The lowest BCUT2D eigenvalue weighted by atomic mass is 9.81. The Morgan fingerprint density at radius 1 is 0.588 bits per heavy atom. The zero-order chi connectivity index (χ0) is 86.8. The summed E-state index contributed by atoms with van der Waals surface area (Å²) in [6, 6.07) is -1.22. The summed E-state index contributed by atoms with van der Waals surface area (Å²) in [5.74, 6) is -11.8. The van der Waals surface area contributed by atoms with Gasteiger partial charge in [0.15, 0.2) is 5.60 Å². The highest BCUT2D eigenvalue weighted by molar-refractivity contribution is 6.13. The third-order valence-electron chi connectivity index (χ3n) is 20.8. The van der Waals surface area contributed by atoms with E-state index in [9.17, 15) is 96.8 Å². The second-order valence-electron chi connectivity index (χ2n) is 29.4. The number of carbonyl (C=O) groups excluding carboxylic acids is 13. The predicted octanol–water partition coefficient (Wildman–Crippen LogP) is 1.12. The zero-order valence-electron chi connectivity index (χ0n) is 66.8. The van der Waals surface area contributed by atoms with E-state index in [-0.39, 0.29) is 156 Å². The van der Waals surface area contributed by atoms with Crippen LogP contribution in [-0.4, -0.2) is 225 Å². The number of hydrogen-bond donors (Lipinski definition) is 15.